The highest BCUT2D eigenvalue weighted by molar-refractivity contribution is 5.72. The molecule has 0 aromatic heterocycles. The van der Waals surface area contributed by atoms with Crippen LogP contribution in [-0.4, -0.2) is 36.9 Å². The Morgan fingerprint density at radius 1 is 1.11 bits per heavy atom. The smallest absolute Gasteiger partial charge is 0.308 e. The summed E-state index contributed by atoms with van der Waals surface area (Å²) in [5, 5.41) is 3.41. The van der Waals surface area contributed by atoms with Crippen LogP contribution in [0.15, 0.2) is 0 Å². The molecule has 4 aliphatic rings. The Balaban J connectivity index is 1.23. The van der Waals surface area contributed by atoms with Crippen molar-refractivity contribution in [2.24, 2.45) is 11.8 Å². The number of fused-ring (bicyclic) bond motifs is 2. The predicted octanol–water partition coefficient (Wildman–Crippen LogP) is 1.24. The summed E-state index contributed by atoms with van der Waals surface area (Å²) in [6, 6.07) is 1.31. The van der Waals surface area contributed by atoms with Crippen molar-refractivity contribution in [1.29, 1.82) is 0 Å². The van der Waals surface area contributed by atoms with Crippen LogP contribution in [0.1, 0.15) is 38.5 Å². The number of hydrogen-bond acceptors (Lipinski definition) is 4. The molecule has 0 radical (unpaired) electrons. The van der Waals surface area contributed by atoms with E-state index < -0.39 is 0 Å². The SMILES string of the molecule is O=C(OCC1CCC2OC2C1)C1CCC2NC2C1. The fourth-order valence-corrected chi connectivity index (χ4v) is 3.71. The van der Waals surface area contributed by atoms with Gasteiger partial charge in [0, 0.05) is 12.1 Å². The zero-order chi connectivity index (χ0) is 12.1. The molecule has 4 heteroatoms. The lowest BCUT2D eigenvalue weighted by molar-refractivity contribution is -0.151. The summed E-state index contributed by atoms with van der Waals surface area (Å²) in [5.74, 6) is 0.726. The van der Waals surface area contributed by atoms with Gasteiger partial charge in [-0.25, -0.2) is 0 Å². The van der Waals surface area contributed by atoms with Gasteiger partial charge in [0.1, 0.15) is 0 Å². The van der Waals surface area contributed by atoms with Crippen molar-refractivity contribution in [2.75, 3.05) is 6.61 Å². The first kappa shape index (κ1) is 11.2. The van der Waals surface area contributed by atoms with Crippen molar-refractivity contribution in [1.82, 2.24) is 5.32 Å². The van der Waals surface area contributed by atoms with E-state index in [-0.39, 0.29) is 11.9 Å². The van der Waals surface area contributed by atoms with Gasteiger partial charge in [-0.3, -0.25) is 4.79 Å². The standard InChI is InChI=1S/C14H21NO3/c16-14(9-2-3-10-11(6-9)15-10)17-7-8-1-4-12-13(5-8)18-12/h8-13,15H,1-7H2. The number of rotatable bonds is 3. The number of carbonyl (C=O) groups is 1. The van der Waals surface area contributed by atoms with E-state index in [1.54, 1.807) is 0 Å². The van der Waals surface area contributed by atoms with Crippen LogP contribution in [0.3, 0.4) is 0 Å². The molecule has 18 heavy (non-hydrogen) atoms. The van der Waals surface area contributed by atoms with Crippen LogP contribution in [-0.2, 0) is 14.3 Å². The van der Waals surface area contributed by atoms with Gasteiger partial charge in [-0.05, 0) is 44.4 Å². The molecule has 0 aromatic rings. The molecular weight excluding hydrogens is 230 g/mol. The van der Waals surface area contributed by atoms with Gasteiger partial charge in [-0.1, -0.05) is 0 Å². The monoisotopic (exact) mass is 251 g/mol. The van der Waals surface area contributed by atoms with E-state index in [4.69, 9.17) is 9.47 Å². The van der Waals surface area contributed by atoms with Crippen molar-refractivity contribution < 1.29 is 14.3 Å². The molecular formula is C14H21NO3. The van der Waals surface area contributed by atoms with E-state index in [0.29, 0.717) is 36.8 Å². The molecule has 2 aliphatic heterocycles. The van der Waals surface area contributed by atoms with E-state index >= 15 is 0 Å². The molecule has 0 spiro atoms. The first-order valence-electron chi connectivity index (χ1n) is 7.38. The van der Waals surface area contributed by atoms with Crippen molar-refractivity contribution in [2.45, 2.75) is 62.8 Å². The lowest BCUT2D eigenvalue weighted by Crippen LogP contribution is -2.27. The van der Waals surface area contributed by atoms with Gasteiger partial charge in [0.2, 0.25) is 0 Å². The Hall–Kier alpha value is -0.610. The minimum Gasteiger partial charge on any atom is -0.465 e. The van der Waals surface area contributed by atoms with Crippen LogP contribution >= 0.6 is 0 Å². The van der Waals surface area contributed by atoms with Gasteiger partial charge in [0.15, 0.2) is 0 Å². The van der Waals surface area contributed by atoms with Crippen molar-refractivity contribution in [3.05, 3.63) is 0 Å². The van der Waals surface area contributed by atoms with E-state index in [9.17, 15) is 4.79 Å². The van der Waals surface area contributed by atoms with E-state index in [1.807, 2.05) is 0 Å². The summed E-state index contributed by atoms with van der Waals surface area (Å²) in [7, 11) is 0. The van der Waals surface area contributed by atoms with Crippen LogP contribution in [0.25, 0.3) is 0 Å². The van der Waals surface area contributed by atoms with Crippen LogP contribution in [0.5, 0.6) is 0 Å². The topological polar surface area (TPSA) is 60.8 Å². The molecule has 4 rings (SSSR count). The van der Waals surface area contributed by atoms with Crippen LogP contribution < -0.4 is 5.32 Å². The third-order valence-corrected chi connectivity index (χ3v) is 5.08. The fourth-order valence-electron chi connectivity index (χ4n) is 3.71. The van der Waals surface area contributed by atoms with Gasteiger partial charge >= 0.3 is 5.97 Å². The molecule has 4 nitrogen and oxygen atoms in total. The quantitative estimate of drug-likeness (QED) is 0.605. The molecule has 1 N–H and O–H groups in total. The highest BCUT2D eigenvalue weighted by Crippen LogP contribution is 2.39. The zero-order valence-electron chi connectivity index (χ0n) is 10.6. The van der Waals surface area contributed by atoms with Gasteiger partial charge in [0.25, 0.3) is 0 Å². The van der Waals surface area contributed by atoms with Crippen molar-refractivity contribution in [3.63, 3.8) is 0 Å². The number of esters is 1. The normalized spacial score (nSPS) is 48.9. The Labute approximate surface area is 107 Å². The minimum absolute atomic E-state index is 0.0426. The molecule has 6 unspecified atom stereocenters. The maximum Gasteiger partial charge on any atom is 0.308 e. The summed E-state index contributed by atoms with van der Waals surface area (Å²) in [6.45, 7) is 0.615. The maximum atomic E-state index is 12.0. The average molecular weight is 251 g/mol. The van der Waals surface area contributed by atoms with Gasteiger partial charge in [0.05, 0.1) is 24.7 Å². The first-order chi connectivity index (χ1) is 8.79. The molecule has 2 saturated heterocycles. The van der Waals surface area contributed by atoms with Crippen LogP contribution in [0, 0.1) is 11.8 Å². The summed E-state index contributed by atoms with van der Waals surface area (Å²) >= 11 is 0. The molecule has 0 aromatic carbocycles. The fraction of sp³-hybridized carbons (Fsp3) is 0.929. The molecule has 100 valence electrons. The second kappa shape index (κ2) is 4.20. The number of ether oxygens (including phenoxy) is 2. The van der Waals surface area contributed by atoms with Gasteiger partial charge in [-0.2, -0.15) is 0 Å². The Morgan fingerprint density at radius 3 is 2.89 bits per heavy atom. The number of epoxide rings is 1. The number of hydrogen-bond donors (Lipinski definition) is 1. The summed E-state index contributed by atoms with van der Waals surface area (Å²) < 4.78 is 11.0. The Kier molecular flexibility index (Phi) is 2.62. The lowest BCUT2D eigenvalue weighted by Gasteiger charge is -2.22. The van der Waals surface area contributed by atoms with Crippen molar-refractivity contribution in [3.8, 4) is 0 Å². The Bertz CT molecular complexity index is 359. The van der Waals surface area contributed by atoms with Crippen LogP contribution in [0.4, 0.5) is 0 Å². The molecule has 2 saturated carbocycles. The van der Waals surface area contributed by atoms with Gasteiger partial charge < -0.3 is 14.8 Å². The summed E-state index contributed by atoms with van der Waals surface area (Å²) in [4.78, 5) is 12.0. The Morgan fingerprint density at radius 2 is 2.06 bits per heavy atom. The molecule has 6 atom stereocenters. The third-order valence-electron chi connectivity index (χ3n) is 5.08. The first-order valence-corrected chi connectivity index (χ1v) is 7.38. The summed E-state index contributed by atoms with van der Waals surface area (Å²) in [6.07, 6.45) is 7.56. The van der Waals surface area contributed by atoms with Crippen molar-refractivity contribution >= 4 is 5.97 Å². The lowest BCUT2D eigenvalue weighted by atomic mass is 9.89. The van der Waals surface area contributed by atoms with Gasteiger partial charge in [-0.15, -0.1) is 0 Å². The van der Waals surface area contributed by atoms with E-state index in [1.165, 1.54) is 0 Å². The third kappa shape index (κ3) is 2.16. The van der Waals surface area contributed by atoms with E-state index in [0.717, 1.165) is 38.5 Å². The number of nitrogens with one attached hydrogen (secondary N) is 1. The zero-order valence-corrected chi connectivity index (χ0v) is 10.6. The molecule has 0 bridgehead atoms. The highest BCUT2D eigenvalue weighted by Gasteiger charge is 2.45. The predicted molar refractivity (Wildman–Crippen MR) is 65.0 cm³/mol. The molecule has 4 fully saturated rings. The molecule has 2 aliphatic carbocycles. The van der Waals surface area contributed by atoms with Crippen LogP contribution in [0.2, 0.25) is 0 Å². The minimum atomic E-state index is 0.0426. The second-order valence-electron chi connectivity index (χ2n) is 6.41. The summed E-state index contributed by atoms with van der Waals surface area (Å²) in [5.41, 5.74) is 0. The van der Waals surface area contributed by atoms with E-state index in [2.05, 4.69) is 5.32 Å². The largest absolute Gasteiger partial charge is 0.465 e. The number of carbonyl (C=O) groups excluding carboxylic acids is 1. The second-order valence-corrected chi connectivity index (χ2v) is 6.41. The average Bonchev–Trinajstić information content (AvgIpc) is 3.26. The highest BCUT2D eigenvalue weighted by atomic mass is 16.6. The molecule has 0 amide bonds. The molecule has 2 heterocycles. The maximum absolute atomic E-state index is 12.0.